The molecule has 5 heteroatoms. The first-order valence-electron chi connectivity index (χ1n) is 7.64. The highest BCUT2D eigenvalue weighted by atomic mass is 79.9. The van der Waals surface area contributed by atoms with Crippen LogP contribution in [-0.2, 0) is 24.2 Å². The number of rotatable bonds is 7. The molecule has 1 aliphatic carbocycles. The molecule has 4 nitrogen and oxygen atoms in total. The summed E-state index contributed by atoms with van der Waals surface area (Å²) in [5.74, 6) is 0.245. The topological polar surface area (TPSA) is 46.9 Å². The van der Waals surface area contributed by atoms with Gasteiger partial charge < -0.3 is 5.32 Å². The number of Topliss-reactive ketones (excluding diaryl/α,β-unsaturated/α-hetero) is 1. The van der Waals surface area contributed by atoms with Gasteiger partial charge in [0.05, 0.1) is 28.8 Å². The quantitative estimate of drug-likeness (QED) is 0.829. The van der Waals surface area contributed by atoms with Crippen molar-refractivity contribution in [2.45, 2.75) is 65.0 Å². The molecule has 2 rings (SSSR count). The number of ketones is 1. The Balaban J connectivity index is 1.94. The molecule has 1 aromatic rings. The molecule has 0 radical (unpaired) electrons. The molecule has 1 aromatic heterocycles. The Bertz CT molecular complexity index is 464. The Morgan fingerprint density at radius 3 is 2.70 bits per heavy atom. The molecule has 1 fully saturated rings. The first-order chi connectivity index (χ1) is 9.65. The van der Waals surface area contributed by atoms with E-state index in [9.17, 15) is 4.79 Å². The van der Waals surface area contributed by atoms with Crippen LogP contribution in [0.3, 0.4) is 0 Å². The molecule has 0 unspecified atom stereocenters. The maximum Gasteiger partial charge on any atom is 0.152 e. The van der Waals surface area contributed by atoms with E-state index in [1.54, 1.807) is 0 Å². The first-order valence-corrected chi connectivity index (χ1v) is 8.44. The molecule has 1 heterocycles. The summed E-state index contributed by atoms with van der Waals surface area (Å²) in [7, 11) is 0. The van der Waals surface area contributed by atoms with Gasteiger partial charge in [-0.2, -0.15) is 5.10 Å². The normalized spacial score (nSPS) is 15.9. The molecular weight excluding hydrogens is 318 g/mol. The summed E-state index contributed by atoms with van der Waals surface area (Å²) in [6, 6.07) is 0.546. The van der Waals surface area contributed by atoms with Crippen molar-refractivity contribution >= 4 is 21.7 Å². The Labute approximate surface area is 129 Å². The Kier molecular flexibility index (Phi) is 5.78. The highest BCUT2D eigenvalue weighted by molar-refractivity contribution is 9.10. The summed E-state index contributed by atoms with van der Waals surface area (Å²) in [6.45, 7) is 5.43. The molecule has 1 N–H and O–H groups in total. The SMILES string of the molecule is CCc1nn(CC)c(CC(=O)CNC2CCCC2)c1Br. The molecule has 0 aliphatic heterocycles. The monoisotopic (exact) mass is 341 g/mol. The first kappa shape index (κ1) is 15.7. The van der Waals surface area contributed by atoms with Crippen LogP contribution in [0.2, 0.25) is 0 Å². The van der Waals surface area contributed by atoms with Gasteiger partial charge in [0.1, 0.15) is 0 Å². The minimum Gasteiger partial charge on any atom is -0.307 e. The lowest BCUT2D eigenvalue weighted by Crippen LogP contribution is -2.32. The average Bonchev–Trinajstić information content (AvgIpc) is 3.06. The number of aryl methyl sites for hydroxylation is 2. The van der Waals surface area contributed by atoms with Gasteiger partial charge >= 0.3 is 0 Å². The van der Waals surface area contributed by atoms with Crippen LogP contribution in [0.25, 0.3) is 0 Å². The van der Waals surface area contributed by atoms with Gasteiger partial charge in [0.2, 0.25) is 0 Å². The third kappa shape index (κ3) is 3.70. The number of nitrogens with one attached hydrogen (secondary N) is 1. The van der Waals surface area contributed by atoms with E-state index in [1.165, 1.54) is 25.7 Å². The number of carbonyl (C=O) groups is 1. The van der Waals surface area contributed by atoms with E-state index in [0.717, 1.165) is 28.8 Å². The second-order valence-corrected chi connectivity index (χ2v) is 6.25. The van der Waals surface area contributed by atoms with Crippen molar-refractivity contribution in [2.24, 2.45) is 0 Å². The molecule has 0 amide bonds. The standard InChI is InChI=1S/C15H24BrN3O/c1-3-13-15(16)14(19(4-2)18-13)9-12(20)10-17-11-7-5-6-8-11/h11,17H,3-10H2,1-2H3. The van der Waals surface area contributed by atoms with Crippen LogP contribution >= 0.6 is 15.9 Å². The lowest BCUT2D eigenvalue weighted by molar-refractivity contribution is -0.117. The third-order valence-electron chi connectivity index (χ3n) is 4.00. The number of aromatic nitrogens is 2. The Hall–Kier alpha value is -0.680. The zero-order chi connectivity index (χ0) is 14.5. The fourth-order valence-corrected chi connectivity index (χ4v) is 3.53. The fraction of sp³-hybridized carbons (Fsp3) is 0.733. The number of hydrogen-bond donors (Lipinski definition) is 1. The van der Waals surface area contributed by atoms with E-state index in [2.05, 4.69) is 40.2 Å². The van der Waals surface area contributed by atoms with E-state index in [0.29, 0.717) is 19.0 Å². The minimum absolute atomic E-state index is 0.245. The Morgan fingerprint density at radius 1 is 1.40 bits per heavy atom. The van der Waals surface area contributed by atoms with Crippen LogP contribution < -0.4 is 5.32 Å². The van der Waals surface area contributed by atoms with Crippen LogP contribution in [0.4, 0.5) is 0 Å². The van der Waals surface area contributed by atoms with Gasteiger partial charge in [-0.1, -0.05) is 19.8 Å². The van der Waals surface area contributed by atoms with Crippen molar-refractivity contribution in [3.05, 3.63) is 15.9 Å². The van der Waals surface area contributed by atoms with E-state index < -0.39 is 0 Å². The summed E-state index contributed by atoms with van der Waals surface area (Å²) in [5, 5.41) is 7.92. The van der Waals surface area contributed by atoms with E-state index in [4.69, 9.17) is 0 Å². The fourth-order valence-electron chi connectivity index (χ4n) is 2.82. The molecule has 0 saturated heterocycles. The summed E-state index contributed by atoms with van der Waals surface area (Å²) in [6.07, 6.45) is 6.35. The van der Waals surface area contributed by atoms with Crippen LogP contribution in [0.1, 0.15) is 50.9 Å². The van der Waals surface area contributed by atoms with Crippen LogP contribution in [-0.4, -0.2) is 28.2 Å². The molecule has 112 valence electrons. The van der Waals surface area contributed by atoms with Crippen molar-refractivity contribution in [3.63, 3.8) is 0 Å². The number of carbonyl (C=O) groups excluding carboxylic acids is 1. The smallest absolute Gasteiger partial charge is 0.152 e. The van der Waals surface area contributed by atoms with Crippen LogP contribution in [0.5, 0.6) is 0 Å². The largest absolute Gasteiger partial charge is 0.307 e. The van der Waals surface area contributed by atoms with Gasteiger partial charge in [0, 0.05) is 12.6 Å². The highest BCUT2D eigenvalue weighted by Gasteiger charge is 2.19. The van der Waals surface area contributed by atoms with Crippen molar-refractivity contribution < 1.29 is 4.79 Å². The van der Waals surface area contributed by atoms with Crippen LogP contribution in [0, 0.1) is 0 Å². The van der Waals surface area contributed by atoms with Crippen molar-refractivity contribution in [1.82, 2.24) is 15.1 Å². The predicted octanol–water partition coefficient (Wildman–Crippen LogP) is 2.87. The maximum atomic E-state index is 12.2. The molecule has 0 bridgehead atoms. The zero-order valence-electron chi connectivity index (χ0n) is 12.4. The van der Waals surface area contributed by atoms with Gasteiger partial charge in [-0.3, -0.25) is 9.48 Å². The molecular formula is C15H24BrN3O. The number of nitrogens with zero attached hydrogens (tertiary/aromatic N) is 2. The molecule has 20 heavy (non-hydrogen) atoms. The predicted molar refractivity (Wildman–Crippen MR) is 83.9 cm³/mol. The van der Waals surface area contributed by atoms with Gasteiger partial charge in [-0.25, -0.2) is 0 Å². The summed E-state index contributed by atoms with van der Waals surface area (Å²) in [4.78, 5) is 12.2. The lowest BCUT2D eigenvalue weighted by atomic mass is 10.1. The molecule has 1 saturated carbocycles. The minimum atomic E-state index is 0.245. The third-order valence-corrected chi connectivity index (χ3v) is 4.92. The summed E-state index contributed by atoms with van der Waals surface area (Å²) >= 11 is 3.59. The summed E-state index contributed by atoms with van der Waals surface area (Å²) < 4.78 is 2.95. The molecule has 0 spiro atoms. The molecule has 1 aliphatic rings. The van der Waals surface area contributed by atoms with Crippen molar-refractivity contribution in [1.29, 1.82) is 0 Å². The van der Waals surface area contributed by atoms with Crippen molar-refractivity contribution in [2.75, 3.05) is 6.54 Å². The van der Waals surface area contributed by atoms with Crippen molar-refractivity contribution in [3.8, 4) is 0 Å². The molecule has 0 aromatic carbocycles. The van der Waals surface area contributed by atoms with E-state index in [1.807, 2.05) is 4.68 Å². The number of halogens is 1. The Morgan fingerprint density at radius 2 is 2.10 bits per heavy atom. The van der Waals surface area contributed by atoms with Gasteiger partial charge in [0.25, 0.3) is 0 Å². The summed E-state index contributed by atoms with van der Waals surface area (Å²) in [5.41, 5.74) is 2.06. The second kappa shape index (κ2) is 7.36. The van der Waals surface area contributed by atoms with Gasteiger partial charge in [0.15, 0.2) is 5.78 Å². The number of hydrogen-bond acceptors (Lipinski definition) is 3. The van der Waals surface area contributed by atoms with Crippen LogP contribution in [0.15, 0.2) is 4.47 Å². The lowest BCUT2D eigenvalue weighted by Gasteiger charge is -2.11. The van der Waals surface area contributed by atoms with Gasteiger partial charge in [-0.15, -0.1) is 0 Å². The average molecular weight is 342 g/mol. The van der Waals surface area contributed by atoms with Gasteiger partial charge in [-0.05, 0) is 42.1 Å². The van der Waals surface area contributed by atoms with E-state index >= 15 is 0 Å². The highest BCUT2D eigenvalue weighted by Crippen LogP contribution is 2.23. The zero-order valence-corrected chi connectivity index (χ0v) is 14.0. The van der Waals surface area contributed by atoms with E-state index in [-0.39, 0.29) is 5.78 Å². The second-order valence-electron chi connectivity index (χ2n) is 5.45. The molecule has 0 atom stereocenters. The maximum absolute atomic E-state index is 12.2.